The molecule has 0 atom stereocenters. The first-order chi connectivity index (χ1) is 9.50. The number of rotatable bonds is 2. The van der Waals surface area contributed by atoms with Crippen molar-refractivity contribution in [3.63, 3.8) is 0 Å². The largest absolute Gasteiger partial charge is 0.443 e. The highest BCUT2D eigenvalue weighted by Gasteiger charge is 2.26. The third-order valence-electron chi connectivity index (χ3n) is 3.08. The number of aryl methyl sites for hydroxylation is 1. The lowest BCUT2D eigenvalue weighted by Crippen LogP contribution is -2.01. The highest BCUT2D eigenvalue weighted by Crippen LogP contribution is 2.36. The fraction of sp³-hybridized carbons (Fsp3) is 0.0667. The molecular weight excluding hydrogens is 340 g/mol. The van der Waals surface area contributed by atoms with Crippen molar-refractivity contribution in [3.05, 3.63) is 58.6 Å². The maximum absolute atomic E-state index is 12.6. The molecule has 0 N–H and O–H groups in total. The zero-order chi connectivity index (χ0) is 14.3. The normalized spacial score (nSPS) is 11.9. The van der Waals surface area contributed by atoms with E-state index < -0.39 is 9.84 Å². The van der Waals surface area contributed by atoms with Crippen LogP contribution in [0, 0.1) is 6.92 Å². The van der Waals surface area contributed by atoms with Gasteiger partial charge in [0.15, 0.2) is 0 Å². The molecule has 0 aliphatic carbocycles. The van der Waals surface area contributed by atoms with Gasteiger partial charge in [-0.05, 0) is 47.1 Å². The van der Waals surface area contributed by atoms with Crippen molar-refractivity contribution in [2.24, 2.45) is 0 Å². The molecule has 20 heavy (non-hydrogen) atoms. The van der Waals surface area contributed by atoms with Gasteiger partial charge in [0.2, 0.25) is 14.9 Å². The van der Waals surface area contributed by atoms with E-state index in [1.54, 1.807) is 36.4 Å². The highest BCUT2D eigenvalue weighted by molar-refractivity contribution is 9.10. The molecule has 0 saturated heterocycles. The van der Waals surface area contributed by atoms with E-state index in [4.69, 9.17) is 4.42 Å². The Balaban J connectivity index is 2.24. The molecule has 0 aliphatic rings. The van der Waals surface area contributed by atoms with Crippen LogP contribution in [0.4, 0.5) is 0 Å². The molecule has 0 amide bonds. The highest BCUT2D eigenvalue weighted by atomic mass is 79.9. The van der Waals surface area contributed by atoms with Crippen LogP contribution in [0.3, 0.4) is 0 Å². The molecule has 3 aromatic rings. The lowest BCUT2D eigenvalue weighted by molar-refractivity contribution is 0.478. The van der Waals surface area contributed by atoms with Gasteiger partial charge in [0.05, 0.1) is 9.37 Å². The summed E-state index contributed by atoms with van der Waals surface area (Å²) in [5, 5.41) is 0.695. The Hall–Kier alpha value is -1.59. The van der Waals surface area contributed by atoms with Gasteiger partial charge in [0, 0.05) is 5.39 Å². The van der Waals surface area contributed by atoms with Gasteiger partial charge in [-0.15, -0.1) is 0 Å². The Morgan fingerprint density at radius 2 is 1.65 bits per heavy atom. The number of furan rings is 1. The first-order valence-electron chi connectivity index (χ1n) is 5.99. The maximum atomic E-state index is 12.6. The minimum absolute atomic E-state index is 0.0532. The van der Waals surface area contributed by atoms with Crippen molar-refractivity contribution in [2.75, 3.05) is 0 Å². The van der Waals surface area contributed by atoms with Crippen molar-refractivity contribution in [1.82, 2.24) is 0 Å². The molecule has 1 aromatic heterocycles. The summed E-state index contributed by atoms with van der Waals surface area (Å²) in [4.78, 5) is 0.225. The van der Waals surface area contributed by atoms with Crippen LogP contribution in [0.1, 0.15) is 5.56 Å². The molecule has 0 aliphatic heterocycles. The fourth-order valence-electron chi connectivity index (χ4n) is 1.99. The molecule has 3 rings (SSSR count). The van der Waals surface area contributed by atoms with Crippen LogP contribution >= 0.6 is 15.9 Å². The fourth-order valence-corrected chi connectivity index (χ4v) is 4.29. The van der Waals surface area contributed by atoms with E-state index >= 15 is 0 Å². The minimum atomic E-state index is -3.66. The Kier molecular flexibility index (Phi) is 3.18. The molecule has 0 spiro atoms. The summed E-state index contributed by atoms with van der Waals surface area (Å²) in [6.07, 6.45) is 0. The van der Waals surface area contributed by atoms with Crippen LogP contribution in [-0.2, 0) is 9.84 Å². The van der Waals surface area contributed by atoms with Gasteiger partial charge in [0.1, 0.15) is 5.58 Å². The monoisotopic (exact) mass is 350 g/mol. The molecule has 0 unspecified atom stereocenters. The van der Waals surface area contributed by atoms with Gasteiger partial charge < -0.3 is 4.42 Å². The molecule has 0 fully saturated rings. The first kappa shape index (κ1) is 13.4. The third kappa shape index (κ3) is 2.07. The van der Waals surface area contributed by atoms with Gasteiger partial charge in [-0.25, -0.2) is 8.42 Å². The van der Waals surface area contributed by atoms with E-state index in [1.165, 1.54) is 0 Å². The number of fused-ring (bicyclic) bond motifs is 1. The zero-order valence-electron chi connectivity index (χ0n) is 10.6. The van der Waals surface area contributed by atoms with E-state index in [2.05, 4.69) is 15.9 Å². The van der Waals surface area contributed by atoms with Gasteiger partial charge in [-0.3, -0.25) is 0 Å². The predicted octanol–water partition coefficient (Wildman–Crippen LogP) is 4.34. The molecule has 0 saturated carbocycles. The summed E-state index contributed by atoms with van der Waals surface area (Å²) >= 11 is 3.33. The summed E-state index contributed by atoms with van der Waals surface area (Å²) in [6, 6.07) is 13.9. The molecule has 0 radical (unpaired) electrons. The van der Waals surface area contributed by atoms with Crippen molar-refractivity contribution in [1.29, 1.82) is 0 Å². The molecule has 1 heterocycles. The average molecular weight is 351 g/mol. The van der Waals surface area contributed by atoms with Gasteiger partial charge in [-0.2, -0.15) is 0 Å². The van der Waals surface area contributed by atoms with Crippen molar-refractivity contribution >= 4 is 36.7 Å². The predicted molar refractivity (Wildman–Crippen MR) is 80.5 cm³/mol. The molecule has 3 nitrogen and oxygen atoms in total. The van der Waals surface area contributed by atoms with E-state index in [-0.39, 0.29) is 9.99 Å². The summed E-state index contributed by atoms with van der Waals surface area (Å²) in [5.74, 6) is 0. The standard InChI is InChI=1S/C15H11BrO3S/c1-10-6-8-11(9-7-10)20(17,18)15-14(16)12-4-2-3-5-13(12)19-15/h2-9H,1H3. The minimum Gasteiger partial charge on any atom is -0.443 e. The number of halogens is 1. The SMILES string of the molecule is Cc1ccc(S(=O)(=O)c2oc3ccccc3c2Br)cc1. The summed E-state index contributed by atoms with van der Waals surface area (Å²) in [6.45, 7) is 1.91. The lowest BCUT2D eigenvalue weighted by atomic mass is 10.2. The Labute approximate surface area is 125 Å². The summed E-state index contributed by atoms with van der Waals surface area (Å²) in [5.41, 5.74) is 1.55. The second-order valence-corrected chi connectivity index (χ2v) is 7.16. The van der Waals surface area contributed by atoms with Gasteiger partial charge in [0.25, 0.3) is 0 Å². The average Bonchev–Trinajstić information content (AvgIpc) is 2.78. The number of hydrogen-bond donors (Lipinski definition) is 0. The molecule has 102 valence electrons. The van der Waals surface area contributed by atoms with Crippen molar-refractivity contribution < 1.29 is 12.8 Å². The molecular formula is C15H11BrO3S. The quantitative estimate of drug-likeness (QED) is 0.690. The van der Waals surface area contributed by atoms with Crippen LogP contribution < -0.4 is 0 Å². The van der Waals surface area contributed by atoms with Crippen LogP contribution in [0.2, 0.25) is 0 Å². The molecule has 2 aromatic carbocycles. The second kappa shape index (κ2) is 4.75. The summed E-state index contributed by atoms with van der Waals surface area (Å²) < 4.78 is 31.2. The van der Waals surface area contributed by atoms with Crippen LogP contribution in [0.25, 0.3) is 11.0 Å². The number of sulfone groups is 1. The van der Waals surface area contributed by atoms with Crippen LogP contribution in [0.5, 0.6) is 0 Å². The number of hydrogen-bond acceptors (Lipinski definition) is 3. The van der Waals surface area contributed by atoms with Gasteiger partial charge in [-0.1, -0.05) is 29.8 Å². The lowest BCUT2D eigenvalue weighted by Gasteiger charge is -2.02. The topological polar surface area (TPSA) is 47.3 Å². The van der Waals surface area contributed by atoms with E-state index in [9.17, 15) is 8.42 Å². The van der Waals surface area contributed by atoms with Crippen molar-refractivity contribution in [3.8, 4) is 0 Å². The van der Waals surface area contributed by atoms with Crippen LogP contribution in [0.15, 0.2) is 67.4 Å². The smallest absolute Gasteiger partial charge is 0.240 e. The van der Waals surface area contributed by atoms with E-state index in [1.807, 2.05) is 19.1 Å². The maximum Gasteiger partial charge on any atom is 0.240 e. The zero-order valence-corrected chi connectivity index (χ0v) is 13.0. The Morgan fingerprint density at radius 3 is 2.30 bits per heavy atom. The van der Waals surface area contributed by atoms with Crippen molar-refractivity contribution in [2.45, 2.75) is 16.9 Å². The second-order valence-electron chi connectivity index (χ2n) is 4.52. The Bertz CT molecular complexity index is 877. The van der Waals surface area contributed by atoms with E-state index in [0.717, 1.165) is 10.9 Å². The van der Waals surface area contributed by atoms with Gasteiger partial charge >= 0.3 is 0 Å². The van der Waals surface area contributed by atoms with E-state index in [0.29, 0.717) is 10.1 Å². The summed E-state index contributed by atoms with van der Waals surface area (Å²) in [7, 11) is -3.66. The molecule has 0 bridgehead atoms. The van der Waals surface area contributed by atoms with Crippen LogP contribution in [-0.4, -0.2) is 8.42 Å². The molecule has 5 heteroatoms. The Morgan fingerprint density at radius 1 is 1.00 bits per heavy atom. The number of benzene rings is 2. The third-order valence-corrected chi connectivity index (χ3v) is 5.80. The first-order valence-corrected chi connectivity index (χ1v) is 8.26. The number of para-hydroxylation sites is 1.